The standard InChI is InChI=1S/C24H28ClN3O5S3/c1-2-32-17-5-6-19-20(14-17)34-24(26-19)28(15-18-4-3-13-33-18)23(29)16-9-11-27(12-10-16)36(30,31)22-8-7-21(25)35-22/h5-8,14,16,18H,2-4,9-13,15H2,1H3. The van der Waals surface area contributed by atoms with Crippen LogP contribution in [-0.4, -0.2) is 62.6 Å². The maximum Gasteiger partial charge on any atom is 0.252 e. The topological polar surface area (TPSA) is 89.0 Å². The molecular formula is C24H28ClN3O5S3. The van der Waals surface area contributed by atoms with Gasteiger partial charge in [0.1, 0.15) is 9.96 Å². The van der Waals surface area contributed by atoms with Crippen LogP contribution in [0.5, 0.6) is 5.75 Å². The summed E-state index contributed by atoms with van der Waals surface area (Å²) in [6.45, 7) is 4.25. The van der Waals surface area contributed by atoms with Gasteiger partial charge in [0.2, 0.25) is 5.91 Å². The molecule has 36 heavy (non-hydrogen) atoms. The third-order valence-electron chi connectivity index (χ3n) is 6.51. The molecule has 2 saturated heterocycles. The van der Waals surface area contributed by atoms with Crippen molar-refractivity contribution in [3.63, 3.8) is 0 Å². The van der Waals surface area contributed by atoms with Gasteiger partial charge in [0.05, 0.1) is 33.8 Å². The number of thiophene rings is 1. The van der Waals surface area contributed by atoms with Crippen LogP contribution in [0.15, 0.2) is 34.5 Å². The summed E-state index contributed by atoms with van der Waals surface area (Å²) in [5, 5.41) is 0.641. The van der Waals surface area contributed by atoms with Crippen LogP contribution in [-0.2, 0) is 19.6 Å². The molecule has 0 N–H and O–H groups in total. The van der Waals surface area contributed by atoms with Gasteiger partial charge in [0, 0.05) is 25.6 Å². The van der Waals surface area contributed by atoms with Gasteiger partial charge < -0.3 is 9.47 Å². The zero-order chi connectivity index (χ0) is 25.3. The third-order valence-corrected chi connectivity index (χ3v) is 11.2. The Labute approximate surface area is 223 Å². The lowest BCUT2D eigenvalue weighted by molar-refractivity contribution is -0.123. The van der Waals surface area contributed by atoms with Crippen molar-refractivity contribution in [2.75, 3.05) is 37.7 Å². The van der Waals surface area contributed by atoms with Crippen molar-refractivity contribution in [2.45, 2.75) is 42.9 Å². The summed E-state index contributed by atoms with van der Waals surface area (Å²) in [5.41, 5.74) is 0.819. The van der Waals surface area contributed by atoms with Gasteiger partial charge in [-0.3, -0.25) is 9.69 Å². The van der Waals surface area contributed by atoms with Crippen molar-refractivity contribution in [3.8, 4) is 5.75 Å². The normalized spacial score (nSPS) is 19.7. The lowest BCUT2D eigenvalue weighted by atomic mass is 9.96. The molecule has 5 rings (SSSR count). The molecule has 2 aromatic heterocycles. The van der Waals surface area contributed by atoms with Gasteiger partial charge in [-0.05, 0) is 62.9 Å². The Hall–Kier alpha value is -1.76. The van der Waals surface area contributed by atoms with Crippen LogP contribution in [0, 0.1) is 5.92 Å². The molecule has 1 aromatic carbocycles. The largest absolute Gasteiger partial charge is 0.494 e. The number of benzene rings is 1. The second kappa shape index (κ2) is 10.9. The molecule has 0 radical (unpaired) electrons. The van der Waals surface area contributed by atoms with Crippen molar-refractivity contribution in [2.24, 2.45) is 5.92 Å². The summed E-state index contributed by atoms with van der Waals surface area (Å²) in [6, 6.07) is 8.88. The Morgan fingerprint density at radius 2 is 2.03 bits per heavy atom. The van der Waals surface area contributed by atoms with E-state index in [2.05, 4.69) is 0 Å². The highest BCUT2D eigenvalue weighted by Crippen LogP contribution is 2.35. The Morgan fingerprint density at radius 3 is 2.69 bits per heavy atom. The highest BCUT2D eigenvalue weighted by atomic mass is 35.5. The van der Waals surface area contributed by atoms with E-state index in [0.717, 1.165) is 40.1 Å². The number of thiazole rings is 1. The molecule has 8 nitrogen and oxygen atoms in total. The Morgan fingerprint density at radius 1 is 1.22 bits per heavy atom. The Bertz CT molecular complexity index is 1330. The van der Waals surface area contributed by atoms with Crippen molar-refractivity contribution < 1.29 is 22.7 Å². The molecule has 194 valence electrons. The zero-order valence-corrected chi connectivity index (χ0v) is 23.1. The van der Waals surface area contributed by atoms with E-state index in [1.165, 1.54) is 21.7 Å². The zero-order valence-electron chi connectivity index (χ0n) is 19.9. The van der Waals surface area contributed by atoms with E-state index in [9.17, 15) is 13.2 Å². The number of anilines is 1. The van der Waals surface area contributed by atoms with E-state index in [1.807, 2.05) is 25.1 Å². The minimum absolute atomic E-state index is 0.0224. The molecule has 0 aliphatic carbocycles. The van der Waals surface area contributed by atoms with Crippen LogP contribution in [0.1, 0.15) is 32.6 Å². The molecule has 0 bridgehead atoms. The number of aromatic nitrogens is 1. The van der Waals surface area contributed by atoms with Crippen LogP contribution in [0.2, 0.25) is 4.34 Å². The second-order valence-corrected chi connectivity index (χ2v) is 13.8. The number of nitrogens with zero attached hydrogens (tertiary/aromatic N) is 3. The Balaban J connectivity index is 1.34. The molecule has 1 unspecified atom stereocenters. The van der Waals surface area contributed by atoms with Gasteiger partial charge in [-0.15, -0.1) is 11.3 Å². The smallest absolute Gasteiger partial charge is 0.252 e. The molecule has 2 aliphatic heterocycles. The number of halogens is 1. The van der Waals surface area contributed by atoms with Crippen LogP contribution < -0.4 is 9.64 Å². The monoisotopic (exact) mass is 569 g/mol. The first kappa shape index (κ1) is 25.9. The van der Waals surface area contributed by atoms with Gasteiger partial charge in [0.25, 0.3) is 10.0 Å². The predicted octanol–water partition coefficient (Wildman–Crippen LogP) is 5.02. The number of ether oxygens (including phenoxy) is 2. The van der Waals surface area contributed by atoms with Crippen LogP contribution >= 0.6 is 34.3 Å². The van der Waals surface area contributed by atoms with E-state index in [-0.39, 0.29) is 22.1 Å². The van der Waals surface area contributed by atoms with Crippen LogP contribution in [0.4, 0.5) is 5.13 Å². The first-order chi connectivity index (χ1) is 17.3. The van der Waals surface area contributed by atoms with Crippen molar-refractivity contribution >= 4 is 65.6 Å². The second-order valence-electron chi connectivity index (χ2n) is 8.88. The van der Waals surface area contributed by atoms with Gasteiger partial charge in [-0.2, -0.15) is 4.31 Å². The minimum Gasteiger partial charge on any atom is -0.494 e. The van der Waals surface area contributed by atoms with Gasteiger partial charge in [-0.1, -0.05) is 22.9 Å². The van der Waals surface area contributed by atoms with Gasteiger partial charge in [-0.25, -0.2) is 13.4 Å². The number of piperidine rings is 1. The van der Waals surface area contributed by atoms with Crippen LogP contribution in [0.3, 0.4) is 0 Å². The highest BCUT2D eigenvalue weighted by molar-refractivity contribution is 7.91. The fraction of sp³-hybridized carbons (Fsp3) is 0.500. The van der Waals surface area contributed by atoms with Crippen molar-refractivity contribution in [3.05, 3.63) is 34.7 Å². The first-order valence-corrected chi connectivity index (χ1v) is 15.5. The number of amides is 1. The summed E-state index contributed by atoms with van der Waals surface area (Å²) in [5.74, 6) is 0.472. The number of sulfonamides is 1. The molecule has 3 aromatic rings. The molecule has 4 heterocycles. The van der Waals surface area contributed by atoms with E-state index in [0.29, 0.717) is 55.2 Å². The Kier molecular flexibility index (Phi) is 7.85. The number of carbonyl (C=O) groups excluding carboxylic acids is 1. The lowest BCUT2D eigenvalue weighted by Gasteiger charge is -2.33. The van der Waals surface area contributed by atoms with Crippen molar-refractivity contribution in [1.29, 1.82) is 0 Å². The molecule has 2 fully saturated rings. The number of rotatable bonds is 8. The number of hydrogen-bond donors (Lipinski definition) is 0. The molecule has 0 saturated carbocycles. The first-order valence-electron chi connectivity index (χ1n) is 12.1. The van der Waals surface area contributed by atoms with Gasteiger partial charge in [0.15, 0.2) is 5.13 Å². The number of carbonyl (C=O) groups is 1. The van der Waals surface area contributed by atoms with E-state index >= 15 is 0 Å². The SMILES string of the molecule is CCOc1ccc2nc(N(CC3CCCO3)C(=O)C3CCN(S(=O)(=O)c4ccc(Cl)s4)CC3)sc2c1. The molecule has 2 aliphatic rings. The number of hydrogen-bond acceptors (Lipinski definition) is 8. The summed E-state index contributed by atoms with van der Waals surface area (Å²) < 4.78 is 40.5. The molecule has 0 spiro atoms. The summed E-state index contributed by atoms with van der Waals surface area (Å²) in [4.78, 5) is 20.3. The highest BCUT2D eigenvalue weighted by Gasteiger charge is 2.36. The minimum atomic E-state index is -3.61. The molecule has 1 atom stereocenters. The number of fused-ring (bicyclic) bond motifs is 1. The van der Waals surface area contributed by atoms with E-state index in [4.69, 9.17) is 26.1 Å². The predicted molar refractivity (Wildman–Crippen MR) is 143 cm³/mol. The van der Waals surface area contributed by atoms with Crippen LogP contribution in [0.25, 0.3) is 10.2 Å². The summed E-state index contributed by atoms with van der Waals surface area (Å²) in [7, 11) is -3.61. The maximum absolute atomic E-state index is 13.8. The molecule has 1 amide bonds. The fourth-order valence-corrected chi connectivity index (χ4v) is 8.76. The quantitative estimate of drug-likeness (QED) is 0.378. The lowest BCUT2D eigenvalue weighted by Crippen LogP contribution is -2.46. The van der Waals surface area contributed by atoms with E-state index in [1.54, 1.807) is 11.0 Å². The average molecular weight is 570 g/mol. The van der Waals surface area contributed by atoms with Crippen molar-refractivity contribution in [1.82, 2.24) is 9.29 Å². The molecular weight excluding hydrogens is 542 g/mol. The fourth-order valence-electron chi connectivity index (χ4n) is 4.65. The summed E-state index contributed by atoms with van der Waals surface area (Å²) in [6.07, 6.45) is 2.78. The average Bonchev–Trinajstić information content (AvgIpc) is 3.63. The molecule has 12 heteroatoms. The van der Waals surface area contributed by atoms with Gasteiger partial charge >= 0.3 is 0 Å². The van der Waals surface area contributed by atoms with E-state index < -0.39 is 10.0 Å². The summed E-state index contributed by atoms with van der Waals surface area (Å²) >= 11 is 8.47. The third kappa shape index (κ3) is 5.41. The maximum atomic E-state index is 13.8.